The lowest BCUT2D eigenvalue weighted by Crippen LogP contribution is -2.34. The quantitative estimate of drug-likeness (QED) is 0.860. The number of morpholine rings is 1. The number of ether oxygens (including phenoxy) is 1. The first-order valence-corrected chi connectivity index (χ1v) is 5.68. The maximum Gasteiger partial charge on any atom is 0.0662 e. The van der Waals surface area contributed by atoms with Crippen LogP contribution in [0, 0.1) is 0 Å². The molecule has 1 heterocycles. The minimum Gasteiger partial charge on any atom is -0.378 e. The molecule has 0 radical (unpaired) electrons. The van der Waals surface area contributed by atoms with Crippen molar-refractivity contribution in [3.05, 3.63) is 35.4 Å². The Morgan fingerprint density at radius 3 is 2.44 bits per heavy atom. The molecule has 0 saturated carbocycles. The first-order valence-electron chi connectivity index (χ1n) is 5.68. The van der Waals surface area contributed by atoms with Gasteiger partial charge in [-0.05, 0) is 17.0 Å². The molecule has 16 heavy (non-hydrogen) atoms. The number of benzene rings is 1. The summed E-state index contributed by atoms with van der Waals surface area (Å²) in [5.74, 6) is 0.606. The highest BCUT2D eigenvalue weighted by Crippen LogP contribution is 2.19. The normalized spacial score (nSPS) is 20.6. The molecule has 1 saturated heterocycles. The van der Waals surface area contributed by atoms with Crippen LogP contribution >= 0.6 is 12.4 Å². The standard InChI is InChI=1S/C13H19NO.ClH/c1-10(2)11-3-5-12(6-4-11)13-9-15-8-7-14-13;/h3-6,10,13-14H,7-9H2,1-2H3;1H/t13-;/m0./s1. The van der Waals surface area contributed by atoms with Crippen LogP contribution < -0.4 is 5.32 Å². The van der Waals surface area contributed by atoms with Gasteiger partial charge in [0.05, 0.1) is 19.3 Å². The highest BCUT2D eigenvalue weighted by Gasteiger charge is 2.14. The molecule has 1 aliphatic rings. The summed E-state index contributed by atoms with van der Waals surface area (Å²) < 4.78 is 5.45. The van der Waals surface area contributed by atoms with Crippen molar-refractivity contribution < 1.29 is 4.74 Å². The zero-order valence-electron chi connectivity index (χ0n) is 9.90. The Bertz CT molecular complexity index is 304. The van der Waals surface area contributed by atoms with Crippen LogP contribution in [-0.4, -0.2) is 19.8 Å². The molecule has 1 N–H and O–H groups in total. The highest BCUT2D eigenvalue weighted by molar-refractivity contribution is 5.85. The molecule has 1 fully saturated rings. The summed E-state index contributed by atoms with van der Waals surface area (Å²) in [5, 5.41) is 3.46. The van der Waals surface area contributed by atoms with Crippen LogP contribution in [0.3, 0.4) is 0 Å². The van der Waals surface area contributed by atoms with Crippen LogP contribution in [0.15, 0.2) is 24.3 Å². The maximum absolute atomic E-state index is 5.45. The first-order chi connectivity index (χ1) is 7.27. The van der Waals surface area contributed by atoms with Gasteiger partial charge in [0.2, 0.25) is 0 Å². The van der Waals surface area contributed by atoms with Crippen molar-refractivity contribution in [3.8, 4) is 0 Å². The van der Waals surface area contributed by atoms with Crippen molar-refractivity contribution in [2.24, 2.45) is 0 Å². The Morgan fingerprint density at radius 2 is 1.94 bits per heavy atom. The SMILES string of the molecule is CC(C)c1ccc([C@@H]2COCCN2)cc1.Cl. The second-order valence-corrected chi connectivity index (χ2v) is 4.40. The van der Waals surface area contributed by atoms with E-state index in [1.54, 1.807) is 0 Å². The fourth-order valence-electron chi connectivity index (χ4n) is 1.89. The first kappa shape index (κ1) is 13.5. The monoisotopic (exact) mass is 241 g/mol. The zero-order chi connectivity index (χ0) is 10.7. The predicted molar refractivity (Wildman–Crippen MR) is 69.3 cm³/mol. The Balaban J connectivity index is 0.00000128. The third kappa shape index (κ3) is 3.21. The Labute approximate surface area is 104 Å². The van der Waals surface area contributed by atoms with E-state index in [1.165, 1.54) is 11.1 Å². The lowest BCUT2D eigenvalue weighted by Gasteiger charge is -2.24. The molecule has 1 aromatic rings. The molecule has 0 unspecified atom stereocenters. The fraction of sp³-hybridized carbons (Fsp3) is 0.538. The summed E-state index contributed by atoms with van der Waals surface area (Å²) in [6.45, 7) is 7.02. The summed E-state index contributed by atoms with van der Waals surface area (Å²) >= 11 is 0. The number of hydrogen-bond donors (Lipinski definition) is 1. The highest BCUT2D eigenvalue weighted by atomic mass is 35.5. The predicted octanol–water partition coefficient (Wildman–Crippen LogP) is 2.89. The van der Waals surface area contributed by atoms with Crippen molar-refractivity contribution in [2.45, 2.75) is 25.8 Å². The van der Waals surface area contributed by atoms with Gasteiger partial charge < -0.3 is 10.1 Å². The fourth-order valence-corrected chi connectivity index (χ4v) is 1.89. The van der Waals surface area contributed by atoms with Crippen LogP contribution in [0.5, 0.6) is 0 Å². The smallest absolute Gasteiger partial charge is 0.0662 e. The molecule has 3 heteroatoms. The van der Waals surface area contributed by atoms with E-state index in [0.717, 1.165) is 19.8 Å². The molecule has 0 amide bonds. The van der Waals surface area contributed by atoms with Crippen molar-refractivity contribution in [1.29, 1.82) is 0 Å². The lowest BCUT2D eigenvalue weighted by molar-refractivity contribution is 0.0769. The Morgan fingerprint density at radius 1 is 1.25 bits per heavy atom. The van der Waals surface area contributed by atoms with Gasteiger partial charge in [0.1, 0.15) is 0 Å². The van der Waals surface area contributed by atoms with E-state index in [4.69, 9.17) is 4.74 Å². The third-order valence-electron chi connectivity index (χ3n) is 2.93. The molecule has 1 atom stereocenters. The minimum atomic E-state index is 0. The molecule has 1 aliphatic heterocycles. The van der Waals surface area contributed by atoms with Crippen molar-refractivity contribution >= 4 is 12.4 Å². The molecule has 2 rings (SSSR count). The number of nitrogens with one attached hydrogen (secondary N) is 1. The van der Waals surface area contributed by atoms with E-state index in [0.29, 0.717) is 12.0 Å². The van der Waals surface area contributed by atoms with Gasteiger partial charge in [-0.25, -0.2) is 0 Å². The van der Waals surface area contributed by atoms with Gasteiger partial charge in [-0.1, -0.05) is 38.1 Å². The van der Waals surface area contributed by atoms with Crippen molar-refractivity contribution in [2.75, 3.05) is 19.8 Å². The van der Waals surface area contributed by atoms with Crippen LogP contribution in [0.2, 0.25) is 0 Å². The summed E-state index contributed by atoms with van der Waals surface area (Å²) in [6.07, 6.45) is 0. The average Bonchev–Trinajstić information content (AvgIpc) is 2.30. The molecule has 0 aromatic heterocycles. The van der Waals surface area contributed by atoms with Gasteiger partial charge in [-0.15, -0.1) is 12.4 Å². The number of rotatable bonds is 2. The van der Waals surface area contributed by atoms with Gasteiger partial charge >= 0.3 is 0 Å². The zero-order valence-corrected chi connectivity index (χ0v) is 10.7. The molecule has 0 bridgehead atoms. The van der Waals surface area contributed by atoms with Crippen LogP contribution in [0.1, 0.15) is 36.9 Å². The van der Waals surface area contributed by atoms with E-state index in [-0.39, 0.29) is 12.4 Å². The second kappa shape index (κ2) is 6.24. The molecule has 1 aromatic carbocycles. The van der Waals surface area contributed by atoms with E-state index < -0.39 is 0 Å². The van der Waals surface area contributed by atoms with Gasteiger partial charge in [-0.3, -0.25) is 0 Å². The Hall–Kier alpha value is -0.570. The van der Waals surface area contributed by atoms with Crippen LogP contribution in [0.25, 0.3) is 0 Å². The number of halogens is 1. The van der Waals surface area contributed by atoms with E-state index in [1.807, 2.05) is 0 Å². The molecule has 0 aliphatic carbocycles. The largest absolute Gasteiger partial charge is 0.378 e. The average molecular weight is 242 g/mol. The van der Waals surface area contributed by atoms with E-state index in [2.05, 4.69) is 43.4 Å². The summed E-state index contributed by atoms with van der Waals surface area (Å²) in [4.78, 5) is 0. The van der Waals surface area contributed by atoms with E-state index >= 15 is 0 Å². The molecule has 2 nitrogen and oxygen atoms in total. The van der Waals surface area contributed by atoms with Gasteiger partial charge in [0, 0.05) is 6.54 Å². The summed E-state index contributed by atoms with van der Waals surface area (Å²) in [5.41, 5.74) is 2.73. The topological polar surface area (TPSA) is 21.3 Å². The van der Waals surface area contributed by atoms with Gasteiger partial charge in [-0.2, -0.15) is 0 Å². The molecule has 90 valence electrons. The maximum atomic E-state index is 5.45. The second-order valence-electron chi connectivity index (χ2n) is 4.40. The summed E-state index contributed by atoms with van der Waals surface area (Å²) in [7, 11) is 0. The van der Waals surface area contributed by atoms with Crippen molar-refractivity contribution in [1.82, 2.24) is 5.32 Å². The Kier molecular flexibility index (Phi) is 5.26. The van der Waals surface area contributed by atoms with Crippen molar-refractivity contribution in [3.63, 3.8) is 0 Å². The van der Waals surface area contributed by atoms with Gasteiger partial charge in [0.15, 0.2) is 0 Å². The molecular weight excluding hydrogens is 222 g/mol. The van der Waals surface area contributed by atoms with Crippen LogP contribution in [0.4, 0.5) is 0 Å². The summed E-state index contributed by atoms with van der Waals surface area (Å²) in [6, 6.07) is 9.23. The third-order valence-corrected chi connectivity index (χ3v) is 2.93. The number of hydrogen-bond acceptors (Lipinski definition) is 2. The molecule has 0 spiro atoms. The lowest BCUT2D eigenvalue weighted by atomic mass is 9.99. The minimum absolute atomic E-state index is 0. The van der Waals surface area contributed by atoms with E-state index in [9.17, 15) is 0 Å². The molecular formula is C13H20ClNO. The van der Waals surface area contributed by atoms with Gasteiger partial charge in [0.25, 0.3) is 0 Å². The van der Waals surface area contributed by atoms with Crippen LogP contribution in [-0.2, 0) is 4.74 Å².